The molecule has 0 aliphatic carbocycles. The summed E-state index contributed by atoms with van der Waals surface area (Å²) in [6.07, 6.45) is 3.65. The lowest BCUT2D eigenvalue weighted by Crippen LogP contribution is -2.49. The van der Waals surface area contributed by atoms with Crippen LogP contribution in [-0.2, 0) is 4.79 Å². The summed E-state index contributed by atoms with van der Waals surface area (Å²) in [6.45, 7) is 2.86. The third-order valence-electron chi connectivity index (χ3n) is 5.57. The van der Waals surface area contributed by atoms with Crippen LogP contribution in [0, 0.1) is 0 Å². The largest absolute Gasteiger partial charge is 0.353 e. The van der Waals surface area contributed by atoms with Gasteiger partial charge in [-0.3, -0.25) is 9.59 Å². The molecule has 0 atom stereocenters. The maximum Gasteiger partial charge on any atom is 0.262 e. The van der Waals surface area contributed by atoms with E-state index in [2.05, 4.69) is 15.2 Å². The van der Waals surface area contributed by atoms with Crippen LogP contribution in [0.3, 0.4) is 0 Å². The van der Waals surface area contributed by atoms with E-state index in [4.69, 9.17) is 0 Å². The van der Waals surface area contributed by atoms with Crippen LogP contribution < -0.4 is 10.2 Å². The molecule has 2 aliphatic rings. The Morgan fingerprint density at radius 3 is 2.44 bits per heavy atom. The Kier molecular flexibility index (Phi) is 5.64. The van der Waals surface area contributed by atoms with Crippen molar-refractivity contribution in [2.24, 2.45) is 0 Å². The lowest BCUT2D eigenvalue weighted by atomic mass is 10.1. The second kappa shape index (κ2) is 8.88. The Hall–Kier alpha value is -3.58. The van der Waals surface area contributed by atoms with Crippen molar-refractivity contribution >= 4 is 41.2 Å². The van der Waals surface area contributed by atoms with Crippen molar-refractivity contribution in [3.63, 3.8) is 0 Å². The highest BCUT2D eigenvalue weighted by atomic mass is 32.2. The van der Waals surface area contributed by atoms with Crippen molar-refractivity contribution in [3.05, 3.63) is 89.0 Å². The van der Waals surface area contributed by atoms with Gasteiger partial charge in [0.05, 0.1) is 10.6 Å². The van der Waals surface area contributed by atoms with Gasteiger partial charge in [-0.2, -0.15) is 0 Å². The number of carbonyl (C=O) groups excluding carboxylic acids is 2. The second-order valence-electron chi connectivity index (χ2n) is 7.65. The first-order valence-electron chi connectivity index (χ1n) is 10.5. The van der Waals surface area contributed by atoms with E-state index in [9.17, 15) is 9.59 Å². The molecule has 5 rings (SSSR count). The topological polar surface area (TPSA) is 65.5 Å². The number of hydrogen-bond donors (Lipinski definition) is 1. The van der Waals surface area contributed by atoms with E-state index >= 15 is 0 Å². The number of benzene rings is 2. The lowest BCUT2D eigenvalue weighted by Gasteiger charge is -2.35. The highest BCUT2D eigenvalue weighted by Crippen LogP contribution is 2.38. The van der Waals surface area contributed by atoms with Gasteiger partial charge in [-0.1, -0.05) is 42.1 Å². The molecule has 7 heteroatoms. The minimum Gasteiger partial charge on any atom is -0.353 e. The van der Waals surface area contributed by atoms with Gasteiger partial charge in [-0.25, -0.2) is 4.98 Å². The SMILES string of the molecule is O=C1Nc2ccccc2SC1=Cc1ccc(C(=O)N2CCN(c3ccccn3)CC2)cc1. The van der Waals surface area contributed by atoms with Crippen LogP contribution in [0.1, 0.15) is 15.9 Å². The number of nitrogens with one attached hydrogen (secondary N) is 1. The zero-order valence-electron chi connectivity index (χ0n) is 17.4. The number of carbonyl (C=O) groups is 2. The molecular formula is C25H22N4O2S. The smallest absolute Gasteiger partial charge is 0.262 e. The molecule has 2 amide bonds. The monoisotopic (exact) mass is 442 g/mol. The number of anilines is 2. The molecule has 0 saturated carbocycles. The second-order valence-corrected chi connectivity index (χ2v) is 8.73. The first kappa shape index (κ1) is 20.3. The number of fused-ring (bicyclic) bond motifs is 1. The quantitative estimate of drug-likeness (QED) is 0.618. The Balaban J connectivity index is 1.24. The maximum atomic E-state index is 12.9. The predicted octanol–water partition coefficient (Wildman–Crippen LogP) is 4.13. The number of hydrogen-bond acceptors (Lipinski definition) is 5. The molecule has 32 heavy (non-hydrogen) atoms. The molecule has 1 saturated heterocycles. The van der Waals surface area contributed by atoms with Crippen LogP contribution in [0.15, 0.2) is 82.7 Å². The first-order valence-corrected chi connectivity index (χ1v) is 11.3. The number of rotatable bonds is 3. The lowest BCUT2D eigenvalue weighted by molar-refractivity contribution is -0.112. The van der Waals surface area contributed by atoms with Crippen molar-refractivity contribution in [2.45, 2.75) is 4.90 Å². The van der Waals surface area contributed by atoms with Crippen molar-refractivity contribution in [2.75, 3.05) is 36.4 Å². The summed E-state index contributed by atoms with van der Waals surface area (Å²) in [7, 11) is 0. The highest BCUT2D eigenvalue weighted by Gasteiger charge is 2.23. The molecule has 1 N–H and O–H groups in total. The first-order chi connectivity index (χ1) is 15.7. The number of nitrogens with zero attached hydrogens (tertiary/aromatic N) is 3. The molecular weight excluding hydrogens is 420 g/mol. The fourth-order valence-electron chi connectivity index (χ4n) is 3.84. The Morgan fingerprint density at radius 2 is 1.69 bits per heavy atom. The van der Waals surface area contributed by atoms with Gasteiger partial charge in [-0.15, -0.1) is 0 Å². The van der Waals surface area contributed by atoms with E-state index in [1.807, 2.05) is 77.7 Å². The molecule has 0 bridgehead atoms. The predicted molar refractivity (Wildman–Crippen MR) is 128 cm³/mol. The summed E-state index contributed by atoms with van der Waals surface area (Å²) in [5.74, 6) is 0.868. The normalized spacial score (nSPS) is 17.1. The molecule has 2 aromatic carbocycles. The summed E-state index contributed by atoms with van der Waals surface area (Å²) in [4.78, 5) is 35.5. The molecule has 2 aliphatic heterocycles. The van der Waals surface area contributed by atoms with Crippen LogP contribution in [0.25, 0.3) is 6.08 Å². The molecule has 160 valence electrons. The van der Waals surface area contributed by atoms with Crippen LogP contribution >= 0.6 is 11.8 Å². The van der Waals surface area contributed by atoms with E-state index in [-0.39, 0.29) is 11.8 Å². The zero-order valence-corrected chi connectivity index (χ0v) is 18.2. The summed E-state index contributed by atoms with van der Waals surface area (Å²) in [5.41, 5.74) is 2.38. The van der Waals surface area contributed by atoms with Crippen molar-refractivity contribution in [1.82, 2.24) is 9.88 Å². The zero-order chi connectivity index (χ0) is 21.9. The average molecular weight is 443 g/mol. The number of aromatic nitrogens is 1. The van der Waals surface area contributed by atoms with Gasteiger partial charge in [0.15, 0.2) is 0 Å². The third kappa shape index (κ3) is 4.24. The summed E-state index contributed by atoms with van der Waals surface area (Å²) in [6, 6.07) is 21.1. The van der Waals surface area contributed by atoms with Crippen LogP contribution in [0.2, 0.25) is 0 Å². The number of piperazine rings is 1. The van der Waals surface area contributed by atoms with Gasteiger partial charge >= 0.3 is 0 Å². The van der Waals surface area contributed by atoms with Crippen molar-refractivity contribution in [1.29, 1.82) is 0 Å². The van der Waals surface area contributed by atoms with E-state index in [0.717, 1.165) is 35.1 Å². The molecule has 3 aromatic rings. The number of para-hydroxylation sites is 1. The fourth-order valence-corrected chi connectivity index (χ4v) is 4.79. The minimum absolute atomic E-state index is 0.0311. The molecule has 1 fully saturated rings. The van der Waals surface area contributed by atoms with Crippen LogP contribution in [0.5, 0.6) is 0 Å². The van der Waals surface area contributed by atoms with Gasteiger partial charge in [0.2, 0.25) is 0 Å². The van der Waals surface area contributed by atoms with Crippen molar-refractivity contribution in [3.8, 4) is 0 Å². The molecule has 0 spiro atoms. The number of pyridine rings is 1. The van der Waals surface area contributed by atoms with E-state index < -0.39 is 0 Å². The molecule has 0 unspecified atom stereocenters. The molecule has 3 heterocycles. The third-order valence-corrected chi connectivity index (χ3v) is 6.67. The minimum atomic E-state index is -0.111. The number of thioether (sulfide) groups is 1. The Bertz CT molecular complexity index is 1170. The Morgan fingerprint density at radius 1 is 0.938 bits per heavy atom. The summed E-state index contributed by atoms with van der Waals surface area (Å²) >= 11 is 1.46. The van der Waals surface area contributed by atoms with Gasteiger partial charge in [0, 0.05) is 42.8 Å². The maximum absolute atomic E-state index is 12.9. The van der Waals surface area contributed by atoms with E-state index in [1.165, 1.54) is 11.8 Å². The van der Waals surface area contributed by atoms with Gasteiger partial charge in [0.25, 0.3) is 11.8 Å². The Labute approximate surface area is 190 Å². The van der Waals surface area contributed by atoms with Gasteiger partial charge in [0.1, 0.15) is 5.82 Å². The molecule has 1 aromatic heterocycles. The van der Waals surface area contributed by atoms with Crippen LogP contribution in [0.4, 0.5) is 11.5 Å². The summed E-state index contributed by atoms with van der Waals surface area (Å²) < 4.78 is 0. The highest BCUT2D eigenvalue weighted by molar-refractivity contribution is 8.04. The van der Waals surface area contributed by atoms with Crippen molar-refractivity contribution < 1.29 is 9.59 Å². The van der Waals surface area contributed by atoms with E-state index in [1.54, 1.807) is 6.20 Å². The number of amides is 2. The molecule has 0 radical (unpaired) electrons. The molecule has 6 nitrogen and oxygen atoms in total. The average Bonchev–Trinajstić information content (AvgIpc) is 2.85. The van der Waals surface area contributed by atoms with Gasteiger partial charge < -0.3 is 15.1 Å². The summed E-state index contributed by atoms with van der Waals surface area (Å²) in [5, 5.41) is 2.92. The van der Waals surface area contributed by atoms with Gasteiger partial charge in [-0.05, 0) is 48.0 Å². The van der Waals surface area contributed by atoms with E-state index in [0.29, 0.717) is 23.6 Å². The van der Waals surface area contributed by atoms with Crippen LogP contribution in [-0.4, -0.2) is 47.9 Å². The standard InChI is InChI=1S/C25H22N4O2S/c30-24-22(32-21-6-2-1-5-20(21)27-24)17-18-8-10-19(11-9-18)25(31)29-15-13-28(14-16-29)23-7-3-4-12-26-23/h1-12,17H,13-16H2,(H,27,30). The fraction of sp³-hybridized carbons (Fsp3) is 0.160.